The van der Waals surface area contributed by atoms with Crippen molar-refractivity contribution in [1.29, 1.82) is 0 Å². The summed E-state index contributed by atoms with van der Waals surface area (Å²) in [6.07, 6.45) is 1.25. The minimum Gasteiger partial charge on any atom is -0.478 e. The van der Waals surface area contributed by atoms with Crippen molar-refractivity contribution < 1.29 is 20.1 Å². The summed E-state index contributed by atoms with van der Waals surface area (Å²) in [5.41, 5.74) is 0. The highest BCUT2D eigenvalue weighted by Gasteiger charge is 1.97. The molecule has 0 aliphatic rings. The van der Waals surface area contributed by atoms with Crippen LogP contribution in [0.1, 0.15) is 0 Å². The molecule has 0 saturated heterocycles. The summed E-state index contributed by atoms with van der Waals surface area (Å²) < 4.78 is 0. The normalized spacial score (nSPS) is 13.3. The van der Waals surface area contributed by atoms with E-state index in [1.165, 1.54) is 6.20 Å². The summed E-state index contributed by atoms with van der Waals surface area (Å²) in [4.78, 5) is 9.87. The first-order chi connectivity index (χ1) is 5.16. The molecule has 1 unspecified atom stereocenters. The Kier molecular flexibility index (Phi) is 5.14. The molecule has 1 atom stereocenters. The lowest BCUT2D eigenvalue weighted by Gasteiger charge is -2.04. The van der Waals surface area contributed by atoms with Crippen LogP contribution >= 0.6 is 0 Å². The average Bonchev–Trinajstić information content (AvgIpc) is 1.97. The third-order valence-corrected chi connectivity index (χ3v) is 0.908. The molecular formula is C6H11NO4. The molecule has 5 heteroatoms. The molecule has 0 bridgehead atoms. The smallest absolute Gasteiger partial charge is 0.329 e. The van der Waals surface area contributed by atoms with Crippen LogP contribution in [0.25, 0.3) is 0 Å². The van der Waals surface area contributed by atoms with Crippen molar-refractivity contribution >= 4 is 5.97 Å². The summed E-state index contributed by atoms with van der Waals surface area (Å²) in [6.45, 7) is -0.200. The zero-order valence-electron chi connectivity index (χ0n) is 5.90. The topological polar surface area (TPSA) is 89.8 Å². The molecule has 0 heterocycles. The predicted molar refractivity (Wildman–Crippen MR) is 37.9 cm³/mol. The maximum atomic E-state index is 9.87. The van der Waals surface area contributed by atoms with Gasteiger partial charge in [-0.2, -0.15) is 0 Å². The molecule has 0 aliphatic carbocycles. The fourth-order valence-corrected chi connectivity index (χ4v) is 0.399. The minimum atomic E-state index is -1.06. The number of hydrogen-bond acceptors (Lipinski definition) is 4. The first kappa shape index (κ1) is 9.93. The Hall–Kier alpha value is -1.07. The quantitative estimate of drug-likeness (QED) is 0.369. The van der Waals surface area contributed by atoms with E-state index < -0.39 is 12.1 Å². The highest BCUT2D eigenvalue weighted by molar-refractivity contribution is 5.79. The molecule has 11 heavy (non-hydrogen) atoms. The number of nitrogens with one attached hydrogen (secondary N) is 1. The van der Waals surface area contributed by atoms with Crippen LogP contribution < -0.4 is 5.32 Å². The minimum absolute atomic E-state index is 0.139. The Morgan fingerprint density at radius 3 is 2.73 bits per heavy atom. The third kappa shape index (κ3) is 6.82. The second-order valence-electron chi connectivity index (χ2n) is 1.92. The van der Waals surface area contributed by atoms with Gasteiger partial charge in [-0.3, -0.25) is 0 Å². The van der Waals surface area contributed by atoms with E-state index in [4.69, 9.17) is 15.3 Å². The van der Waals surface area contributed by atoms with Gasteiger partial charge in [-0.25, -0.2) is 4.79 Å². The largest absolute Gasteiger partial charge is 0.478 e. The van der Waals surface area contributed by atoms with Gasteiger partial charge < -0.3 is 20.6 Å². The monoisotopic (exact) mass is 161 g/mol. The average molecular weight is 161 g/mol. The van der Waals surface area contributed by atoms with Gasteiger partial charge in [-0.15, -0.1) is 0 Å². The van der Waals surface area contributed by atoms with Crippen molar-refractivity contribution in [3.8, 4) is 0 Å². The van der Waals surface area contributed by atoms with Crippen LogP contribution in [0.2, 0.25) is 0 Å². The second kappa shape index (κ2) is 5.70. The molecule has 0 rings (SSSR count). The second-order valence-corrected chi connectivity index (χ2v) is 1.92. The Balaban J connectivity index is 3.33. The number of aliphatic hydroxyl groups excluding tert-OH is 2. The zero-order chi connectivity index (χ0) is 8.69. The van der Waals surface area contributed by atoms with E-state index >= 15 is 0 Å². The summed E-state index contributed by atoms with van der Waals surface area (Å²) in [5.74, 6) is -1.06. The van der Waals surface area contributed by atoms with Gasteiger partial charge in [0.2, 0.25) is 0 Å². The van der Waals surface area contributed by atoms with Crippen molar-refractivity contribution in [3.05, 3.63) is 12.3 Å². The number of carboxylic acid groups (broad SMARTS) is 1. The number of carbonyl (C=O) groups is 1. The van der Waals surface area contributed by atoms with Crippen LogP contribution in [-0.2, 0) is 4.79 Å². The third-order valence-electron chi connectivity index (χ3n) is 0.908. The van der Waals surface area contributed by atoms with Gasteiger partial charge in [-0.05, 0) is 0 Å². The van der Waals surface area contributed by atoms with Crippen LogP contribution in [-0.4, -0.2) is 40.5 Å². The van der Waals surface area contributed by atoms with Crippen molar-refractivity contribution in [2.75, 3.05) is 13.2 Å². The molecule has 0 aliphatic heterocycles. The highest BCUT2D eigenvalue weighted by Crippen LogP contribution is 1.76. The maximum Gasteiger partial charge on any atom is 0.329 e. The molecule has 0 aromatic carbocycles. The Morgan fingerprint density at radius 2 is 2.27 bits per heavy atom. The molecule has 0 aromatic rings. The van der Waals surface area contributed by atoms with Crippen LogP contribution in [0.3, 0.4) is 0 Å². The number of hydrogen-bond donors (Lipinski definition) is 4. The molecule has 0 aromatic heterocycles. The van der Waals surface area contributed by atoms with Crippen molar-refractivity contribution in [3.63, 3.8) is 0 Å². The van der Waals surface area contributed by atoms with Gasteiger partial charge in [0.1, 0.15) is 0 Å². The highest BCUT2D eigenvalue weighted by atomic mass is 16.4. The van der Waals surface area contributed by atoms with Crippen molar-refractivity contribution in [2.24, 2.45) is 0 Å². The molecule has 64 valence electrons. The maximum absolute atomic E-state index is 9.87. The van der Waals surface area contributed by atoms with Crippen LogP contribution in [0.5, 0.6) is 0 Å². The van der Waals surface area contributed by atoms with Gasteiger partial charge in [0.25, 0.3) is 0 Å². The molecule has 5 nitrogen and oxygen atoms in total. The van der Waals surface area contributed by atoms with Crippen molar-refractivity contribution in [1.82, 2.24) is 5.32 Å². The fourth-order valence-electron chi connectivity index (χ4n) is 0.399. The van der Waals surface area contributed by atoms with E-state index in [1.54, 1.807) is 0 Å². The molecular weight excluding hydrogens is 150 g/mol. The van der Waals surface area contributed by atoms with E-state index in [0.29, 0.717) is 0 Å². The molecule has 0 saturated carbocycles. The number of rotatable bonds is 5. The lowest BCUT2D eigenvalue weighted by atomic mass is 10.4. The fraction of sp³-hybridized carbons (Fsp3) is 0.500. The SMILES string of the molecule is O=C(O)/C=C/NCC(O)CO. The number of aliphatic hydroxyl groups is 2. The lowest BCUT2D eigenvalue weighted by molar-refractivity contribution is -0.131. The number of carboxylic acids is 1. The zero-order valence-corrected chi connectivity index (χ0v) is 5.90. The first-order valence-electron chi connectivity index (χ1n) is 3.08. The lowest BCUT2D eigenvalue weighted by Crippen LogP contribution is -2.25. The standard InChI is InChI=1S/C6H11NO4/c8-4-5(9)3-7-2-1-6(10)11/h1-2,5,7-9H,3-4H2,(H,10,11)/b2-1+. The van der Waals surface area contributed by atoms with Gasteiger partial charge >= 0.3 is 5.97 Å². The van der Waals surface area contributed by atoms with E-state index in [1.807, 2.05) is 0 Å². The van der Waals surface area contributed by atoms with Gasteiger partial charge in [0, 0.05) is 18.8 Å². The predicted octanol–water partition coefficient (Wildman–Crippen LogP) is -1.47. The van der Waals surface area contributed by atoms with Crippen LogP contribution in [0, 0.1) is 0 Å². The molecule has 0 fully saturated rings. The van der Waals surface area contributed by atoms with Crippen LogP contribution in [0.4, 0.5) is 0 Å². The Labute approximate surface area is 64.0 Å². The van der Waals surface area contributed by atoms with E-state index in [9.17, 15) is 4.79 Å². The van der Waals surface area contributed by atoms with Gasteiger partial charge in [0.05, 0.1) is 12.7 Å². The summed E-state index contributed by atoms with van der Waals surface area (Å²) in [6, 6.07) is 0. The van der Waals surface area contributed by atoms with Crippen molar-refractivity contribution in [2.45, 2.75) is 6.10 Å². The van der Waals surface area contributed by atoms with E-state index in [-0.39, 0.29) is 13.2 Å². The van der Waals surface area contributed by atoms with E-state index in [2.05, 4.69) is 5.32 Å². The van der Waals surface area contributed by atoms with Crippen LogP contribution in [0.15, 0.2) is 12.3 Å². The molecule has 0 spiro atoms. The summed E-state index contributed by atoms with van der Waals surface area (Å²) in [5, 5.41) is 27.6. The van der Waals surface area contributed by atoms with Gasteiger partial charge in [-0.1, -0.05) is 0 Å². The first-order valence-corrected chi connectivity index (χ1v) is 3.08. The van der Waals surface area contributed by atoms with E-state index in [0.717, 1.165) is 6.08 Å². The Morgan fingerprint density at radius 1 is 1.64 bits per heavy atom. The summed E-state index contributed by atoms with van der Waals surface area (Å²) >= 11 is 0. The molecule has 0 amide bonds. The molecule has 0 radical (unpaired) electrons. The Bertz CT molecular complexity index is 146. The van der Waals surface area contributed by atoms with Gasteiger partial charge in [0.15, 0.2) is 0 Å². The molecule has 4 N–H and O–H groups in total. The number of aliphatic carboxylic acids is 1. The summed E-state index contributed by atoms with van der Waals surface area (Å²) in [7, 11) is 0.